The molecule has 0 aliphatic rings. The molecule has 0 bridgehead atoms. The van der Waals surface area contributed by atoms with Gasteiger partial charge in [0.15, 0.2) is 0 Å². The van der Waals surface area contributed by atoms with Crippen LogP contribution in [0.4, 0.5) is 0 Å². The van der Waals surface area contributed by atoms with E-state index in [1.807, 2.05) is 19.9 Å². The second-order valence-electron chi connectivity index (χ2n) is 3.37. The molecule has 0 fully saturated rings. The molecule has 0 aromatic heterocycles. The van der Waals surface area contributed by atoms with Gasteiger partial charge in [-0.25, -0.2) is 0 Å². The van der Waals surface area contributed by atoms with E-state index < -0.39 is 0 Å². The van der Waals surface area contributed by atoms with Crippen LogP contribution >= 0.6 is 0 Å². The van der Waals surface area contributed by atoms with Crippen molar-refractivity contribution in [3.8, 4) is 0 Å². The molecule has 0 heterocycles. The maximum absolute atomic E-state index is 11.1. The fraction of sp³-hybridized carbons (Fsp3) is 0.700. The van der Waals surface area contributed by atoms with Crippen LogP contribution in [-0.2, 0) is 4.79 Å². The van der Waals surface area contributed by atoms with E-state index in [9.17, 15) is 4.79 Å². The van der Waals surface area contributed by atoms with Gasteiger partial charge in [-0.3, -0.25) is 4.79 Å². The van der Waals surface area contributed by atoms with Gasteiger partial charge < -0.3 is 0 Å². The second-order valence-corrected chi connectivity index (χ2v) is 3.37. The first kappa shape index (κ1) is 10.4. The number of ketones is 1. The van der Waals surface area contributed by atoms with E-state index in [0.29, 0.717) is 18.1 Å². The van der Waals surface area contributed by atoms with Crippen LogP contribution in [0.25, 0.3) is 0 Å². The van der Waals surface area contributed by atoms with E-state index in [4.69, 9.17) is 0 Å². The van der Waals surface area contributed by atoms with Gasteiger partial charge >= 0.3 is 0 Å². The Morgan fingerprint density at radius 1 is 1.45 bits per heavy atom. The number of rotatable bonds is 5. The van der Waals surface area contributed by atoms with Crippen LogP contribution in [0.3, 0.4) is 0 Å². The third-order valence-corrected chi connectivity index (χ3v) is 1.89. The van der Waals surface area contributed by atoms with Gasteiger partial charge in [0, 0.05) is 12.3 Å². The molecule has 0 aromatic rings. The predicted octanol–water partition coefficient (Wildman–Crippen LogP) is 2.81. The van der Waals surface area contributed by atoms with Crippen molar-refractivity contribution in [1.82, 2.24) is 0 Å². The molecule has 0 aliphatic carbocycles. The monoisotopic (exact) mass is 154 g/mol. The molecule has 1 nitrogen and oxygen atoms in total. The van der Waals surface area contributed by atoms with Gasteiger partial charge in [-0.05, 0) is 12.3 Å². The van der Waals surface area contributed by atoms with E-state index in [1.165, 1.54) is 0 Å². The molecule has 0 amide bonds. The van der Waals surface area contributed by atoms with Crippen molar-refractivity contribution in [3.63, 3.8) is 0 Å². The lowest BCUT2D eigenvalue weighted by Gasteiger charge is -2.06. The summed E-state index contributed by atoms with van der Waals surface area (Å²) in [5.74, 6) is 1.02. The maximum Gasteiger partial charge on any atom is 0.135 e. The molecule has 0 spiro atoms. The Kier molecular flexibility index (Phi) is 4.84. The topological polar surface area (TPSA) is 17.1 Å². The Balaban J connectivity index is 3.54. The van der Waals surface area contributed by atoms with Crippen molar-refractivity contribution in [3.05, 3.63) is 12.7 Å². The number of hydrogen-bond acceptors (Lipinski definition) is 1. The van der Waals surface area contributed by atoms with Crippen molar-refractivity contribution in [2.45, 2.75) is 33.6 Å². The van der Waals surface area contributed by atoms with Gasteiger partial charge in [0.25, 0.3) is 0 Å². The lowest BCUT2D eigenvalue weighted by Crippen LogP contribution is -2.07. The summed E-state index contributed by atoms with van der Waals surface area (Å²) >= 11 is 0. The fourth-order valence-corrected chi connectivity index (χ4v) is 0.776. The number of allylic oxidation sites excluding steroid dienone is 1. The Hall–Kier alpha value is -0.590. The molecule has 0 aliphatic heterocycles. The Bertz CT molecular complexity index is 136. The number of carbonyl (C=O) groups is 1. The summed E-state index contributed by atoms with van der Waals surface area (Å²) in [6, 6.07) is 0. The molecule has 1 heteroatoms. The van der Waals surface area contributed by atoms with Crippen LogP contribution < -0.4 is 0 Å². The Labute approximate surface area is 69.5 Å². The smallest absolute Gasteiger partial charge is 0.135 e. The number of Topliss-reactive ketones (excluding diaryl/α,β-unsaturated/α-hetero) is 1. The molecule has 0 aromatic carbocycles. The van der Waals surface area contributed by atoms with E-state index >= 15 is 0 Å². The Morgan fingerprint density at radius 3 is 2.36 bits per heavy atom. The highest BCUT2D eigenvalue weighted by Gasteiger charge is 2.07. The Morgan fingerprint density at radius 2 is 2.00 bits per heavy atom. The minimum atomic E-state index is 0.187. The molecule has 1 atom stereocenters. The van der Waals surface area contributed by atoms with Crippen LogP contribution in [0, 0.1) is 11.8 Å². The molecule has 64 valence electrons. The van der Waals surface area contributed by atoms with Gasteiger partial charge in [-0.2, -0.15) is 0 Å². The number of carbonyl (C=O) groups excluding carboxylic acids is 1. The molecule has 0 unspecified atom stereocenters. The minimum Gasteiger partial charge on any atom is -0.299 e. The molecule has 0 N–H and O–H groups in total. The molecular weight excluding hydrogens is 136 g/mol. The van der Waals surface area contributed by atoms with Crippen LogP contribution in [0.2, 0.25) is 0 Å². The van der Waals surface area contributed by atoms with Crippen molar-refractivity contribution < 1.29 is 4.79 Å². The highest BCUT2D eigenvalue weighted by molar-refractivity contribution is 5.80. The van der Waals surface area contributed by atoms with Gasteiger partial charge in [-0.15, -0.1) is 6.58 Å². The van der Waals surface area contributed by atoms with Crippen LogP contribution in [0.1, 0.15) is 33.6 Å². The maximum atomic E-state index is 11.1. The first-order chi connectivity index (χ1) is 5.07. The third kappa shape index (κ3) is 4.77. The van der Waals surface area contributed by atoms with E-state index in [2.05, 4.69) is 13.5 Å². The summed E-state index contributed by atoms with van der Waals surface area (Å²) in [4.78, 5) is 11.1. The van der Waals surface area contributed by atoms with E-state index in [-0.39, 0.29) is 5.92 Å². The van der Waals surface area contributed by atoms with Crippen LogP contribution in [0.5, 0.6) is 0 Å². The molecule has 0 radical (unpaired) electrons. The zero-order valence-electron chi connectivity index (χ0n) is 7.76. The van der Waals surface area contributed by atoms with Crippen molar-refractivity contribution >= 4 is 5.78 Å². The summed E-state index contributed by atoms with van der Waals surface area (Å²) in [6.45, 7) is 9.65. The minimum absolute atomic E-state index is 0.187. The highest BCUT2D eigenvalue weighted by Crippen LogP contribution is 2.09. The first-order valence-corrected chi connectivity index (χ1v) is 4.23. The standard InChI is InChI=1S/C10H18O/c1-5-9(4)6-7-10(11)8(2)3/h5,8-9H,1,6-7H2,2-4H3/t9-/m0/s1. The van der Waals surface area contributed by atoms with Crippen molar-refractivity contribution in [2.75, 3.05) is 0 Å². The average Bonchev–Trinajstić information content (AvgIpc) is 1.99. The zero-order chi connectivity index (χ0) is 8.85. The molecule has 0 rings (SSSR count). The molecule has 0 saturated heterocycles. The predicted molar refractivity (Wildman–Crippen MR) is 48.4 cm³/mol. The zero-order valence-corrected chi connectivity index (χ0v) is 7.76. The number of hydrogen-bond donors (Lipinski definition) is 0. The van der Waals surface area contributed by atoms with E-state index in [0.717, 1.165) is 6.42 Å². The molecular formula is C10H18O. The molecule has 0 saturated carbocycles. The fourth-order valence-electron chi connectivity index (χ4n) is 0.776. The lowest BCUT2D eigenvalue weighted by atomic mass is 9.99. The van der Waals surface area contributed by atoms with E-state index in [1.54, 1.807) is 0 Å². The SMILES string of the molecule is C=C[C@H](C)CCC(=O)C(C)C. The highest BCUT2D eigenvalue weighted by atomic mass is 16.1. The largest absolute Gasteiger partial charge is 0.299 e. The third-order valence-electron chi connectivity index (χ3n) is 1.89. The van der Waals surface area contributed by atoms with Crippen LogP contribution in [0.15, 0.2) is 12.7 Å². The normalized spacial score (nSPS) is 13.1. The van der Waals surface area contributed by atoms with Gasteiger partial charge in [0.2, 0.25) is 0 Å². The summed E-state index contributed by atoms with van der Waals surface area (Å²) in [7, 11) is 0. The van der Waals surface area contributed by atoms with Crippen LogP contribution in [-0.4, -0.2) is 5.78 Å². The average molecular weight is 154 g/mol. The summed E-state index contributed by atoms with van der Waals surface area (Å²) in [5.41, 5.74) is 0. The summed E-state index contributed by atoms with van der Waals surface area (Å²) in [6.07, 6.45) is 3.54. The quantitative estimate of drug-likeness (QED) is 0.556. The lowest BCUT2D eigenvalue weighted by molar-refractivity contribution is -0.122. The van der Waals surface area contributed by atoms with Crippen molar-refractivity contribution in [2.24, 2.45) is 11.8 Å². The molecule has 11 heavy (non-hydrogen) atoms. The summed E-state index contributed by atoms with van der Waals surface area (Å²) < 4.78 is 0. The van der Waals surface area contributed by atoms with Crippen molar-refractivity contribution in [1.29, 1.82) is 0 Å². The first-order valence-electron chi connectivity index (χ1n) is 4.23. The van der Waals surface area contributed by atoms with Gasteiger partial charge in [0.1, 0.15) is 5.78 Å². The summed E-state index contributed by atoms with van der Waals surface area (Å²) in [5, 5.41) is 0. The van der Waals surface area contributed by atoms with Gasteiger partial charge in [-0.1, -0.05) is 26.8 Å². The second kappa shape index (κ2) is 5.11. The van der Waals surface area contributed by atoms with Gasteiger partial charge in [0.05, 0.1) is 0 Å².